The number of carbonyl (C=O) groups is 1. The fourth-order valence-electron chi connectivity index (χ4n) is 2.00. The van der Waals surface area contributed by atoms with E-state index in [1.807, 2.05) is 0 Å². The van der Waals surface area contributed by atoms with Gasteiger partial charge in [-0.25, -0.2) is 0 Å². The van der Waals surface area contributed by atoms with E-state index in [0.29, 0.717) is 18.5 Å². The molecule has 0 bridgehead atoms. The lowest BCUT2D eigenvalue weighted by Gasteiger charge is -2.22. The molecule has 0 spiro atoms. The molecule has 1 aliphatic heterocycles. The van der Waals surface area contributed by atoms with Gasteiger partial charge in [-0.3, -0.25) is 4.79 Å². The molecule has 4 heteroatoms. The van der Waals surface area contributed by atoms with Crippen LogP contribution < -0.4 is 10.6 Å². The molecule has 1 heterocycles. The lowest BCUT2D eigenvalue weighted by molar-refractivity contribution is -0.121. The zero-order chi connectivity index (χ0) is 10.7. The minimum atomic E-state index is 0.218. The molecule has 2 N–H and O–H groups in total. The maximum absolute atomic E-state index is 11.5. The number of nitrogens with one attached hydrogen (secondary N) is 2. The van der Waals surface area contributed by atoms with Crippen LogP contribution in [0, 0.1) is 0 Å². The van der Waals surface area contributed by atoms with Crippen LogP contribution in [-0.2, 0) is 4.79 Å². The molecule has 1 amide bonds. The minimum Gasteiger partial charge on any atom is -0.353 e. The molecule has 1 unspecified atom stereocenters. The van der Waals surface area contributed by atoms with Gasteiger partial charge in [0, 0.05) is 31.6 Å². The molecule has 0 aromatic heterocycles. The van der Waals surface area contributed by atoms with Crippen molar-refractivity contribution >= 4 is 5.91 Å². The zero-order valence-corrected chi connectivity index (χ0v) is 9.46. The number of carbonyl (C=O) groups excluding carboxylic acids is 1. The van der Waals surface area contributed by atoms with E-state index in [0.717, 1.165) is 19.6 Å². The average molecular weight is 211 g/mol. The third-order valence-electron chi connectivity index (χ3n) is 3.29. The lowest BCUT2D eigenvalue weighted by Crippen LogP contribution is -2.37. The quantitative estimate of drug-likeness (QED) is 0.670. The fourth-order valence-corrected chi connectivity index (χ4v) is 2.00. The molecule has 86 valence electrons. The molecule has 0 radical (unpaired) electrons. The molecule has 1 aliphatic carbocycles. The Bertz CT molecular complexity index is 222. The Kier molecular flexibility index (Phi) is 3.59. The molecule has 15 heavy (non-hydrogen) atoms. The van der Waals surface area contributed by atoms with Crippen LogP contribution >= 0.6 is 0 Å². The van der Waals surface area contributed by atoms with Crippen molar-refractivity contribution in [2.45, 2.75) is 37.8 Å². The highest BCUT2D eigenvalue weighted by Gasteiger charge is 2.24. The molecule has 2 rings (SSSR count). The topological polar surface area (TPSA) is 44.4 Å². The average Bonchev–Trinajstić information content (AvgIpc) is 2.86. The van der Waals surface area contributed by atoms with Crippen LogP contribution in [0.2, 0.25) is 0 Å². The van der Waals surface area contributed by atoms with Gasteiger partial charge in [0.1, 0.15) is 0 Å². The van der Waals surface area contributed by atoms with Crippen molar-refractivity contribution in [3.05, 3.63) is 0 Å². The van der Waals surface area contributed by atoms with E-state index in [4.69, 9.17) is 0 Å². The van der Waals surface area contributed by atoms with Gasteiger partial charge in [-0.05, 0) is 32.9 Å². The number of amides is 1. The van der Waals surface area contributed by atoms with Crippen LogP contribution in [-0.4, -0.2) is 49.6 Å². The van der Waals surface area contributed by atoms with Crippen molar-refractivity contribution in [3.8, 4) is 0 Å². The molecule has 1 saturated carbocycles. The first kappa shape index (κ1) is 10.9. The van der Waals surface area contributed by atoms with E-state index in [9.17, 15) is 4.79 Å². The van der Waals surface area contributed by atoms with E-state index >= 15 is 0 Å². The summed E-state index contributed by atoms with van der Waals surface area (Å²) in [6, 6.07) is 1.12. The summed E-state index contributed by atoms with van der Waals surface area (Å²) < 4.78 is 0. The van der Waals surface area contributed by atoms with Gasteiger partial charge in [0.05, 0.1) is 0 Å². The summed E-state index contributed by atoms with van der Waals surface area (Å²) in [5.74, 6) is 0.218. The van der Waals surface area contributed by atoms with Crippen LogP contribution in [0.5, 0.6) is 0 Å². The van der Waals surface area contributed by atoms with Crippen LogP contribution in [0.1, 0.15) is 25.7 Å². The van der Waals surface area contributed by atoms with Crippen molar-refractivity contribution < 1.29 is 4.79 Å². The smallest absolute Gasteiger partial charge is 0.221 e. The third-order valence-corrected chi connectivity index (χ3v) is 3.29. The summed E-state index contributed by atoms with van der Waals surface area (Å²) in [7, 11) is 2.11. The van der Waals surface area contributed by atoms with E-state index in [2.05, 4.69) is 22.6 Å². The highest BCUT2D eigenvalue weighted by Crippen LogP contribution is 2.18. The number of likely N-dealkylation sites (N-methyl/N-ethyl adjacent to an activating group) is 1. The second kappa shape index (κ2) is 4.94. The molecular formula is C11H21N3O. The van der Waals surface area contributed by atoms with E-state index in [1.165, 1.54) is 19.3 Å². The zero-order valence-electron chi connectivity index (χ0n) is 9.46. The van der Waals surface area contributed by atoms with Gasteiger partial charge in [0.15, 0.2) is 0 Å². The molecule has 4 nitrogen and oxygen atoms in total. The van der Waals surface area contributed by atoms with Crippen LogP contribution in [0.15, 0.2) is 0 Å². The lowest BCUT2D eigenvalue weighted by atomic mass is 10.2. The molecule has 1 atom stereocenters. The second-order valence-electron chi connectivity index (χ2n) is 4.72. The summed E-state index contributed by atoms with van der Waals surface area (Å²) in [5, 5.41) is 6.36. The van der Waals surface area contributed by atoms with Crippen molar-refractivity contribution in [2.75, 3.05) is 26.7 Å². The highest BCUT2D eigenvalue weighted by atomic mass is 16.1. The summed E-state index contributed by atoms with van der Waals surface area (Å²) in [5.41, 5.74) is 0. The third kappa shape index (κ3) is 3.47. The molecule has 0 aromatic rings. The van der Waals surface area contributed by atoms with Gasteiger partial charge in [-0.15, -0.1) is 0 Å². The van der Waals surface area contributed by atoms with Gasteiger partial charge >= 0.3 is 0 Å². The van der Waals surface area contributed by atoms with Gasteiger partial charge in [-0.2, -0.15) is 0 Å². The summed E-state index contributed by atoms with van der Waals surface area (Å²) in [6.45, 7) is 3.06. The van der Waals surface area contributed by atoms with E-state index in [1.54, 1.807) is 0 Å². The molecule has 0 aromatic carbocycles. The first-order valence-corrected chi connectivity index (χ1v) is 5.96. The van der Waals surface area contributed by atoms with Crippen molar-refractivity contribution in [3.63, 3.8) is 0 Å². The Morgan fingerprint density at radius 1 is 1.47 bits per heavy atom. The first-order valence-electron chi connectivity index (χ1n) is 5.96. The Labute approximate surface area is 91.4 Å². The highest BCUT2D eigenvalue weighted by molar-refractivity contribution is 5.76. The number of rotatable bonds is 5. The van der Waals surface area contributed by atoms with E-state index in [-0.39, 0.29) is 5.91 Å². The Balaban J connectivity index is 1.60. The Morgan fingerprint density at radius 3 is 2.87 bits per heavy atom. The monoisotopic (exact) mass is 211 g/mol. The Morgan fingerprint density at radius 2 is 2.27 bits per heavy atom. The summed E-state index contributed by atoms with van der Waals surface area (Å²) in [4.78, 5) is 13.8. The molecule has 2 aliphatic rings. The van der Waals surface area contributed by atoms with Crippen molar-refractivity contribution in [2.24, 2.45) is 0 Å². The largest absolute Gasteiger partial charge is 0.353 e. The maximum Gasteiger partial charge on any atom is 0.221 e. The SMILES string of the molecule is CN(CCC(=O)NC1CC1)C1CCNC1. The van der Waals surface area contributed by atoms with Gasteiger partial charge in [-0.1, -0.05) is 0 Å². The number of nitrogens with zero attached hydrogens (tertiary/aromatic N) is 1. The molecule has 1 saturated heterocycles. The van der Waals surface area contributed by atoms with Crippen molar-refractivity contribution in [1.29, 1.82) is 0 Å². The molecular weight excluding hydrogens is 190 g/mol. The predicted molar refractivity (Wildman–Crippen MR) is 59.7 cm³/mol. The predicted octanol–water partition coefficient (Wildman–Crippen LogP) is -0.0512. The fraction of sp³-hybridized carbons (Fsp3) is 0.909. The standard InChI is InChI=1S/C11H21N3O/c1-14(10-4-6-12-8-10)7-5-11(15)13-9-2-3-9/h9-10,12H,2-8H2,1H3,(H,13,15). The molecule has 2 fully saturated rings. The summed E-state index contributed by atoms with van der Waals surface area (Å²) >= 11 is 0. The number of hydrogen-bond acceptors (Lipinski definition) is 3. The van der Waals surface area contributed by atoms with Crippen molar-refractivity contribution in [1.82, 2.24) is 15.5 Å². The Hall–Kier alpha value is -0.610. The number of hydrogen-bond donors (Lipinski definition) is 2. The van der Waals surface area contributed by atoms with Gasteiger partial charge in [0.25, 0.3) is 0 Å². The van der Waals surface area contributed by atoms with Crippen LogP contribution in [0.25, 0.3) is 0 Å². The normalized spacial score (nSPS) is 25.9. The first-order chi connectivity index (χ1) is 7.25. The van der Waals surface area contributed by atoms with Gasteiger partial charge < -0.3 is 15.5 Å². The summed E-state index contributed by atoms with van der Waals surface area (Å²) in [6.07, 6.45) is 4.20. The maximum atomic E-state index is 11.5. The van der Waals surface area contributed by atoms with Crippen LogP contribution in [0.3, 0.4) is 0 Å². The second-order valence-corrected chi connectivity index (χ2v) is 4.72. The van der Waals surface area contributed by atoms with Crippen LogP contribution in [0.4, 0.5) is 0 Å². The minimum absolute atomic E-state index is 0.218. The van der Waals surface area contributed by atoms with E-state index < -0.39 is 0 Å². The van der Waals surface area contributed by atoms with Gasteiger partial charge in [0.2, 0.25) is 5.91 Å².